The van der Waals surface area contributed by atoms with Crippen molar-refractivity contribution in [3.05, 3.63) is 12.3 Å². The fraction of sp³-hybridized carbons (Fsp3) is 0.778. The van der Waals surface area contributed by atoms with E-state index in [-0.39, 0.29) is 24.1 Å². The Kier molecular flexibility index (Phi) is 8.90. The van der Waals surface area contributed by atoms with Crippen LogP contribution in [0.5, 0.6) is 0 Å². The third kappa shape index (κ3) is 6.57. The van der Waals surface area contributed by atoms with E-state index in [4.69, 9.17) is 10.5 Å². The minimum atomic E-state index is -1.10. The van der Waals surface area contributed by atoms with Gasteiger partial charge in [0.25, 0.3) is 0 Å². The van der Waals surface area contributed by atoms with Gasteiger partial charge < -0.3 is 19.9 Å². The molecule has 2 fully saturated rings. The lowest BCUT2D eigenvalue weighted by atomic mass is 9.93. The molecule has 3 atom stereocenters. The third-order valence-electron chi connectivity index (χ3n) is 5.14. The zero-order valence-electron chi connectivity index (χ0n) is 15.8. The van der Waals surface area contributed by atoms with E-state index < -0.39 is 11.4 Å². The Balaban J connectivity index is 1.85. The summed E-state index contributed by atoms with van der Waals surface area (Å²) in [5.41, 5.74) is 5.31. The molecule has 0 aromatic rings. The van der Waals surface area contributed by atoms with Crippen molar-refractivity contribution < 1.29 is 14.1 Å². The Morgan fingerprint density at radius 2 is 2.12 bits per heavy atom. The quantitative estimate of drug-likeness (QED) is 0.506. The Morgan fingerprint density at radius 3 is 2.73 bits per heavy atom. The van der Waals surface area contributed by atoms with E-state index in [1.54, 1.807) is 25.5 Å². The molecule has 1 heterocycles. The van der Waals surface area contributed by atoms with E-state index in [0.717, 1.165) is 45.1 Å². The van der Waals surface area contributed by atoms with Crippen LogP contribution in [-0.4, -0.2) is 65.2 Å². The Morgan fingerprint density at radius 1 is 1.38 bits per heavy atom. The Hall–Kier alpha value is -1.09. The zero-order chi connectivity index (χ0) is 18.9. The highest BCUT2D eigenvalue weighted by molar-refractivity contribution is 7.88. The molecule has 1 unspecified atom stereocenters. The van der Waals surface area contributed by atoms with Crippen LogP contribution in [0.2, 0.25) is 0 Å². The molecule has 0 spiro atoms. The number of piperidine rings is 1. The molecule has 0 aromatic carbocycles. The van der Waals surface area contributed by atoms with Gasteiger partial charge in [-0.3, -0.25) is 9.79 Å². The van der Waals surface area contributed by atoms with Gasteiger partial charge in [0.15, 0.2) is 0 Å². The highest BCUT2D eigenvalue weighted by atomic mass is 32.2. The van der Waals surface area contributed by atoms with Gasteiger partial charge in [0.05, 0.1) is 30.8 Å². The SMILES string of the molecule is CC(=O)N1CCC[C@H](N[S+](C)[O-])[C@@H]1COC1CCC(N=CC=CN)CC1. The van der Waals surface area contributed by atoms with E-state index >= 15 is 0 Å². The molecule has 0 radical (unpaired) electrons. The predicted octanol–water partition coefficient (Wildman–Crippen LogP) is 1.12. The van der Waals surface area contributed by atoms with Crippen molar-refractivity contribution in [1.82, 2.24) is 9.62 Å². The number of carbonyl (C=O) groups excluding carboxylic acids is 1. The highest BCUT2D eigenvalue weighted by Gasteiger charge is 2.36. The van der Waals surface area contributed by atoms with Crippen LogP contribution >= 0.6 is 0 Å². The molecule has 0 aromatic heterocycles. The molecule has 26 heavy (non-hydrogen) atoms. The van der Waals surface area contributed by atoms with Crippen molar-refractivity contribution in [2.75, 3.05) is 19.4 Å². The molecule has 148 valence electrons. The standard InChI is InChI=1S/C18H32N4O3S/c1-14(23)22-12-3-5-17(21-26(2)24)18(22)13-25-16-8-6-15(7-9-16)20-11-4-10-19/h4,10-11,15-18,21H,3,5-9,12-13,19H2,1-2H3/t15?,16?,17-,18-,26?/m0/s1. The molecule has 0 bridgehead atoms. The Bertz CT molecular complexity index is 493. The number of carbonyl (C=O) groups is 1. The first-order valence-corrected chi connectivity index (χ1v) is 11.0. The molecule has 2 aliphatic rings. The highest BCUT2D eigenvalue weighted by Crippen LogP contribution is 2.25. The van der Waals surface area contributed by atoms with E-state index in [1.165, 1.54) is 6.20 Å². The lowest BCUT2D eigenvalue weighted by Gasteiger charge is -2.41. The summed E-state index contributed by atoms with van der Waals surface area (Å²) in [6, 6.07) is 0.296. The maximum Gasteiger partial charge on any atom is 0.219 e. The molecule has 3 N–H and O–H groups in total. The smallest absolute Gasteiger partial charge is 0.219 e. The summed E-state index contributed by atoms with van der Waals surface area (Å²) < 4.78 is 20.9. The summed E-state index contributed by atoms with van der Waals surface area (Å²) in [5, 5.41) is 0. The number of hydrogen-bond donors (Lipinski definition) is 2. The first kappa shape index (κ1) is 21.2. The molecule has 1 saturated carbocycles. The van der Waals surface area contributed by atoms with E-state index in [1.807, 2.05) is 4.90 Å². The fourth-order valence-electron chi connectivity index (χ4n) is 3.82. The number of rotatable bonds is 7. The van der Waals surface area contributed by atoms with Crippen LogP contribution in [-0.2, 0) is 20.9 Å². The number of nitrogens with zero attached hydrogens (tertiary/aromatic N) is 2. The maximum atomic E-state index is 12.0. The summed E-state index contributed by atoms with van der Waals surface area (Å²) in [7, 11) is 0. The average Bonchev–Trinajstić information content (AvgIpc) is 2.61. The van der Waals surface area contributed by atoms with Crippen LogP contribution in [0.15, 0.2) is 17.3 Å². The summed E-state index contributed by atoms with van der Waals surface area (Å²) in [6.45, 7) is 2.83. The van der Waals surface area contributed by atoms with Crippen molar-refractivity contribution in [2.45, 2.75) is 69.7 Å². The van der Waals surface area contributed by atoms with Crippen LogP contribution in [0.4, 0.5) is 0 Å². The van der Waals surface area contributed by atoms with Gasteiger partial charge in [0.2, 0.25) is 5.91 Å². The van der Waals surface area contributed by atoms with E-state index in [2.05, 4.69) is 9.71 Å². The molecule has 1 aliphatic carbocycles. The van der Waals surface area contributed by atoms with E-state index in [0.29, 0.717) is 12.6 Å². The molecule has 1 aliphatic heterocycles. The second kappa shape index (κ2) is 10.9. The fourth-order valence-corrected chi connectivity index (χ4v) is 4.52. The summed E-state index contributed by atoms with van der Waals surface area (Å²) in [4.78, 5) is 18.4. The first-order chi connectivity index (χ1) is 12.5. The van der Waals surface area contributed by atoms with Crippen LogP contribution in [0.25, 0.3) is 0 Å². The number of nitrogens with one attached hydrogen (secondary N) is 1. The van der Waals surface area contributed by atoms with Crippen molar-refractivity contribution in [3.63, 3.8) is 0 Å². The lowest BCUT2D eigenvalue weighted by Crippen LogP contribution is -2.58. The summed E-state index contributed by atoms with van der Waals surface area (Å²) in [6.07, 6.45) is 12.6. The van der Waals surface area contributed by atoms with Gasteiger partial charge in [-0.15, -0.1) is 4.72 Å². The first-order valence-electron chi connectivity index (χ1n) is 9.39. The lowest BCUT2D eigenvalue weighted by molar-refractivity contribution is -0.136. The maximum absolute atomic E-state index is 12.0. The summed E-state index contributed by atoms with van der Waals surface area (Å²) in [5.74, 6) is 0.0537. The van der Waals surface area contributed by atoms with Gasteiger partial charge >= 0.3 is 0 Å². The van der Waals surface area contributed by atoms with Crippen LogP contribution in [0.1, 0.15) is 45.4 Å². The number of ether oxygens (including phenoxy) is 1. The number of hydrogen-bond acceptors (Lipinski definition) is 6. The van der Waals surface area contributed by atoms with Gasteiger partial charge in [-0.1, -0.05) is 0 Å². The molecule has 7 nitrogen and oxygen atoms in total. The zero-order valence-corrected chi connectivity index (χ0v) is 16.6. The van der Waals surface area contributed by atoms with Gasteiger partial charge in [-0.05, 0) is 50.8 Å². The minimum Gasteiger partial charge on any atom is -0.598 e. The third-order valence-corrected chi connectivity index (χ3v) is 5.78. The van der Waals surface area contributed by atoms with Crippen molar-refractivity contribution >= 4 is 23.5 Å². The number of aliphatic imine (C=N–C) groups is 1. The van der Waals surface area contributed by atoms with E-state index in [9.17, 15) is 9.35 Å². The van der Waals surface area contributed by atoms with Crippen LogP contribution < -0.4 is 10.5 Å². The van der Waals surface area contributed by atoms with Gasteiger partial charge in [0.1, 0.15) is 6.26 Å². The second-order valence-electron chi connectivity index (χ2n) is 7.05. The van der Waals surface area contributed by atoms with Crippen molar-refractivity contribution in [1.29, 1.82) is 0 Å². The number of allylic oxidation sites excluding steroid dienone is 1. The second-order valence-corrected chi connectivity index (χ2v) is 8.19. The number of nitrogens with two attached hydrogens (primary N) is 1. The Labute approximate surface area is 159 Å². The minimum absolute atomic E-state index is 0.0162. The van der Waals surface area contributed by atoms with Gasteiger partial charge in [0, 0.05) is 31.0 Å². The molecule has 1 amide bonds. The molecule has 1 saturated heterocycles. The largest absolute Gasteiger partial charge is 0.598 e. The summed E-state index contributed by atoms with van der Waals surface area (Å²) >= 11 is -1.10. The number of likely N-dealkylation sites (tertiary alicyclic amines) is 1. The van der Waals surface area contributed by atoms with Crippen LogP contribution in [0, 0.1) is 0 Å². The average molecular weight is 385 g/mol. The topological polar surface area (TPSA) is 103 Å². The normalized spacial score (nSPS) is 31.6. The molecular weight excluding hydrogens is 352 g/mol. The van der Waals surface area contributed by atoms with Crippen molar-refractivity contribution in [2.24, 2.45) is 10.7 Å². The van der Waals surface area contributed by atoms with Gasteiger partial charge in [-0.2, -0.15) is 0 Å². The molecule has 8 heteroatoms. The molecule has 2 rings (SSSR count). The monoisotopic (exact) mass is 384 g/mol. The van der Waals surface area contributed by atoms with Gasteiger partial charge in [-0.25, -0.2) is 0 Å². The number of amides is 1. The van der Waals surface area contributed by atoms with Crippen molar-refractivity contribution in [3.8, 4) is 0 Å². The van der Waals surface area contributed by atoms with Crippen LogP contribution in [0.3, 0.4) is 0 Å². The molecular formula is C18H32N4O3S. The predicted molar refractivity (Wildman–Crippen MR) is 105 cm³/mol.